The average molecular weight is 774 g/mol. The molecular weight excluding hydrogens is 724 g/mol. The van der Waals surface area contributed by atoms with Gasteiger partial charge < -0.3 is 15.0 Å². The highest BCUT2D eigenvalue weighted by Crippen LogP contribution is 2.39. The van der Waals surface area contributed by atoms with E-state index in [0.717, 1.165) is 82.3 Å². The van der Waals surface area contributed by atoms with Crippen molar-refractivity contribution in [1.29, 1.82) is 0 Å². The summed E-state index contributed by atoms with van der Waals surface area (Å²) in [5.41, 5.74) is 18.5. The molecule has 7 aromatic rings. The quantitative estimate of drug-likeness (QED) is 0.165. The third-order valence-electron chi connectivity index (χ3n) is 10.8. The molecule has 54 heavy (non-hydrogen) atoms. The summed E-state index contributed by atoms with van der Waals surface area (Å²) < 4.78 is 0.984. The minimum Gasteiger partial charge on any atom is -0.354 e. The number of aromatic nitrogens is 4. The molecule has 0 amide bonds. The highest BCUT2D eigenvalue weighted by atomic mass is 79.9. The smallest absolute Gasteiger partial charge is 0.0768 e. The number of hydrogen-bond donors (Lipinski definition) is 3. The first-order valence-electron chi connectivity index (χ1n) is 18.9. The number of rotatable bonds is 3. The van der Waals surface area contributed by atoms with Crippen LogP contribution >= 0.6 is 15.9 Å². The van der Waals surface area contributed by atoms with Crippen LogP contribution in [0.5, 0.6) is 0 Å². The van der Waals surface area contributed by atoms with Crippen LogP contribution in [0.25, 0.3) is 78.6 Å². The van der Waals surface area contributed by atoms with E-state index in [1.54, 1.807) is 0 Å². The van der Waals surface area contributed by atoms with Gasteiger partial charge in [0, 0.05) is 43.2 Å². The van der Waals surface area contributed by atoms with E-state index in [0.29, 0.717) is 0 Å². The molecule has 272 valence electrons. The molecule has 0 fully saturated rings. The van der Waals surface area contributed by atoms with Crippen LogP contribution in [-0.2, 0) is 16.2 Å². The highest BCUT2D eigenvalue weighted by Gasteiger charge is 2.20. The Morgan fingerprint density at radius 3 is 1.19 bits per heavy atom. The maximum absolute atomic E-state index is 5.45. The summed E-state index contributed by atoms with van der Waals surface area (Å²) in [6.45, 7) is 20.3. The van der Waals surface area contributed by atoms with Gasteiger partial charge in [0.05, 0.1) is 22.4 Å². The molecule has 5 heteroatoms. The molecule has 0 unspecified atom stereocenters. The summed E-state index contributed by atoms with van der Waals surface area (Å²) in [5.74, 6) is 0. The molecule has 5 heterocycles. The second kappa shape index (κ2) is 13.0. The summed E-state index contributed by atoms with van der Waals surface area (Å²) >= 11 is 3.93. The van der Waals surface area contributed by atoms with Gasteiger partial charge in [-0.05, 0) is 108 Å². The number of H-pyrrole nitrogens is 3. The number of aromatic amines is 3. The molecule has 1 aliphatic heterocycles. The lowest BCUT2D eigenvalue weighted by atomic mass is 9.86. The number of nitrogens with one attached hydrogen (secondary N) is 3. The predicted octanol–water partition coefficient (Wildman–Crippen LogP) is 14.4. The molecule has 1 aliphatic rings. The molecule has 3 N–H and O–H groups in total. The van der Waals surface area contributed by atoms with E-state index in [1.165, 1.54) is 16.7 Å². The molecular formula is C49H49BrN4. The number of halogens is 1. The van der Waals surface area contributed by atoms with Gasteiger partial charge in [0.15, 0.2) is 0 Å². The summed E-state index contributed by atoms with van der Waals surface area (Å²) in [6.07, 6.45) is 4.33. The molecule has 0 saturated carbocycles. The summed E-state index contributed by atoms with van der Waals surface area (Å²) in [7, 11) is 0. The van der Waals surface area contributed by atoms with Gasteiger partial charge in [-0.25, -0.2) is 4.98 Å². The van der Waals surface area contributed by atoms with E-state index < -0.39 is 0 Å². The lowest BCUT2D eigenvalue weighted by molar-refractivity contribution is 0.590. The number of fused-ring (bicyclic) bond motifs is 9. The topological polar surface area (TPSA) is 60.3 Å². The third kappa shape index (κ3) is 6.64. The molecule has 0 saturated heterocycles. The van der Waals surface area contributed by atoms with Crippen LogP contribution in [0.3, 0.4) is 0 Å². The Bertz CT molecular complexity index is 2680. The van der Waals surface area contributed by atoms with E-state index in [9.17, 15) is 0 Å². The first-order chi connectivity index (χ1) is 25.5. The standard InChI is InChI=1S/C49H49BrN4/c1-47(2,3)32-16-10-29(11-17-32)43-36-22-23-38(51-36)44(30-12-18-33(19-13-30)48(4,5)6)39-26-27-41(53-39)46-35(50)28-42(54-46)45(40-25-24-37(43)52-40)31-14-20-34(21-15-31)49(7,8)9/h10-28,51,53-54H,1-9H3. The third-order valence-corrected chi connectivity index (χ3v) is 11.4. The summed E-state index contributed by atoms with van der Waals surface area (Å²) in [6, 6.07) is 37.9. The molecule has 3 aromatic carbocycles. The largest absolute Gasteiger partial charge is 0.354 e. The van der Waals surface area contributed by atoms with E-state index in [4.69, 9.17) is 4.98 Å². The van der Waals surface area contributed by atoms with Crippen molar-refractivity contribution >= 4 is 61.2 Å². The molecule has 0 aliphatic carbocycles. The first-order valence-corrected chi connectivity index (χ1v) is 19.7. The Hall–Kier alpha value is -5.13. The van der Waals surface area contributed by atoms with Crippen LogP contribution in [-0.4, -0.2) is 19.9 Å². The van der Waals surface area contributed by atoms with Crippen molar-refractivity contribution in [3.8, 4) is 33.4 Å². The Labute approximate surface area is 327 Å². The van der Waals surface area contributed by atoms with Gasteiger partial charge in [0.2, 0.25) is 0 Å². The second-order valence-corrected chi connectivity index (χ2v) is 18.7. The zero-order valence-corrected chi connectivity index (χ0v) is 34.4. The Morgan fingerprint density at radius 1 is 0.407 bits per heavy atom. The van der Waals surface area contributed by atoms with Crippen molar-refractivity contribution < 1.29 is 0 Å². The molecule has 8 rings (SSSR count). The van der Waals surface area contributed by atoms with Crippen LogP contribution < -0.4 is 0 Å². The van der Waals surface area contributed by atoms with Crippen molar-refractivity contribution in [2.75, 3.05) is 0 Å². The van der Waals surface area contributed by atoms with Crippen LogP contribution in [0, 0.1) is 0 Å². The van der Waals surface area contributed by atoms with Gasteiger partial charge in [-0.2, -0.15) is 0 Å². The van der Waals surface area contributed by atoms with Crippen molar-refractivity contribution in [3.05, 3.63) is 136 Å². The van der Waals surface area contributed by atoms with Gasteiger partial charge in [-0.1, -0.05) is 135 Å². The van der Waals surface area contributed by atoms with Crippen molar-refractivity contribution in [2.24, 2.45) is 0 Å². The molecule has 0 spiro atoms. The van der Waals surface area contributed by atoms with E-state index >= 15 is 0 Å². The fraction of sp³-hybridized carbons (Fsp3) is 0.245. The Morgan fingerprint density at radius 2 is 0.759 bits per heavy atom. The van der Waals surface area contributed by atoms with Crippen LogP contribution in [0.1, 0.15) is 90.4 Å². The zero-order chi connectivity index (χ0) is 38.2. The van der Waals surface area contributed by atoms with Gasteiger partial charge >= 0.3 is 0 Å². The van der Waals surface area contributed by atoms with Gasteiger partial charge in [0.25, 0.3) is 0 Å². The lowest BCUT2D eigenvalue weighted by Crippen LogP contribution is -2.10. The summed E-state index contributed by atoms with van der Waals surface area (Å²) in [4.78, 5) is 16.9. The molecule has 4 nitrogen and oxygen atoms in total. The van der Waals surface area contributed by atoms with Crippen molar-refractivity contribution in [1.82, 2.24) is 19.9 Å². The SMILES string of the molecule is CC(C)(C)c1ccc(-c2c3nc(c(-c4ccc(C(C)(C)C)cc4)c4cc(Br)c([nH]4)c4ccc([nH]4)c(-c4ccc(C(C)(C)C)cc4)c4ccc2[nH]4)C=C3)cc1. The minimum atomic E-state index is 0.0488. The molecule has 0 atom stereocenters. The van der Waals surface area contributed by atoms with E-state index in [-0.39, 0.29) is 16.2 Å². The van der Waals surface area contributed by atoms with Crippen LogP contribution in [0.15, 0.2) is 108 Å². The Kier molecular flexibility index (Phi) is 8.65. The monoisotopic (exact) mass is 772 g/mol. The van der Waals surface area contributed by atoms with Gasteiger partial charge in [0.1, 0.15) is 0 Å². The fourth-order valence-corrected chi connectivity index (χ4v) is 8.07. The zero-order valence-electron chi connectivity index (χ0n) is 32.8. The minimum absolute atomic E-state index is 0.0488. The molecule has 4 aromatic heterocycles. The molecule has 0 radical (unpaired) electrons. The lowest BCUT2D eigenvalue weighted by Gasteiger charge is -2.19. The maximum atomic E-state index is 5.45. The number of nitrogens with zero attached hydrogens (tertiary/aromatic N) is 1. The Balaban J connectivity index is 1.49. The van der Waals surface area contributed by atoms with Crippen molar-refractivity contribution in [2.45, 2.75) is 78.6 Å². The van der Waals surface area contributed by atoms with Gasteiger partial charge in [-0.15, -0.1) is 0 Å². The molecule has 8 bridgehead atoms. The normalized spacial score (nSPS) is 12.9. The highest BCUT2D eigenvalue weighted by molar-refractivity contribution is 9.10. The van der Waals surface area contributed by atoms with Gasteiger partial charge in [-0.3, -0.25) is 0 Å². The van der Waals surface area contributed by atoms with E-state index in [1.807, 2.05) is 0 Å². The second-order valence-electron chi connectivity index (χ2n) is 17.8. The average Bonchev–Trinajstić information content (AvgIpc) is 3.94. The van der Waals surface area contributed by atoms with Crippen molar-refractivity contribution in [3.63, 3.8) is 0 Å². The predicted molar refractivity (Wildman–Crippen MR) is 235 cm³/mol. The van der Waals surface area contributed by atoms with Crippen LogP contribution in [0.2, 0.25) is 0 Å². The maximum Gasteiger partial charge on any atom is 0.0768 e. The van der Waals surface area contributed by atoms with E-state index in [2.05, 4.69) is 208 Å². The number of hydrogen-bond acceptors (Lipinski definition) is 1. The summed E-state index contributed by atoms with van der Waals surface area (Å²) in [5, 5.41) is 0. The number of benzene rings is 3. The first kappa shape index (κ1) is 35.9. The fourth-order valence-electron chi connectivity index (χ4n) is 7.52. The van der Waals surface area contributed by atoms with Crippen LogP contribution in [0.4, 0.5) is 0 Å².